The van der Waals surface area contributed by atoms with Gasteiger partial charge in [0.15, 0.2) is 0 Å². The number of fused-ring (bicyclic) bond motifs is 3. The maximum atomic E-state index is 12.8. The number of rotatable bonds is 19. The average molecular weight is 705 g/mol. The lowest BCUT2D eigenvalue weighted by molar-refractivity contribution is -0.177. The largest absolute Gasteiger partial charge is 0.533 e. The number of carbonyl (C=O) groups is 7. The lowest BCUT2D eigenvalue weighted by atomic mass is 9.97. The molecule has 1 aliphatic heterocycles. The highest BCUT2D eigenvalue weighted by Gasteiger charge is 2.35. The van der Waals surface area contributed by atoms with Gasteiger partial charge in [-0.3, -0.25) is 33.6 Å². The van der Waals surface area contributed by atoms with Crippen LogP contribution in [0.5, 0.6) is 0 Å². The average Bonchev–Trinajstić information content (AvgIpc) is 3.57. The maximum absolute atomic E-state index is 12.8. The Kier molecular flexibility index (Phi) is 14.4. The minimum atomic E-state index is -1.22. The maximum Gasteiger partial charge on any atom is 0.533 e. The van der Waals surface area contributed by atoms with E-state index in [0.717, 1.165) is 41.5 Å². The van der Waals surface area contributed by atoms with Crippen LogP contribution in [0.4, 0.5) is 16.2 Å². The summed E-state index contributed by atoms with van der Waals surface area (Å²) in [7, 11) is 0. The second-order valence-electron chi connectivity index (χ2n) is 12.4. The Labute approximate surface area is 297 Å². The molecule has 4 rings (SSSR count). The van der Waals surface area contributed by atoms with Crippen LogP contribution in [0.3, 0.4) is 0 Å². The van der Waals surface area contributed by atoms with Crippen molar-refractivity contribution in [2.75, 3.05) is 30.3 Å². The molecule has 0 bridgehead atoms. The van der Waals surface area contributed by atoms with Gasteiger partial charge in [0.25, 0.3) is 11.8 Å². The molecule has 1 aliphatic carbocycles. The molecule has 0 aromatic heterocycles. The summed E-state index contributed by atoms with van der Waals surface area (Å²) in [5, 5.41) is 11.8. The van der Waals surface area contributed by atoms with E-state index in [4.69, 9.17) is 9.57 Å². The summed E-state index contributed by atoms with van der Waals surface area (Å²) >= 11 is 0. The molecule has 51 heavy (non-hydrogen) atoms. The van der Waals surface area contributed by atoms with Gasteiger partial charge in [0.2, 0.25) is 23.6 Å². The number of ether oxygens (including phenoxy) is 1. The van der Waals surface area contributed by atoms with Crippen molar-refractivity contribution >= 4 is 53.0 Å². The number of anilines is 2. The molecule has 14 nitrogen and oxygen atoms in total. The van der Waals surface area contributed by atoms with Gasteiger partial charge in [0.1, 0.15) is 13.0 Å². The highest BCUT2D eigenvalue weighted by Crippen LogP contribution is 2.47. The standard InChI is InChI=1S/C37H45N5O9/c1-3-5-19-38-31(43)9-7-11-33(45)40-24-13-15-26-27-16-14-25(41-34(46)12-8-10-32(44)39-20-6-4-2)22-29(27)30(28(26)21-24)23-50-37(49)51-42-35(47)17-18-36(42)48/h3,13-16,21-22,30H,4-12,17-20,23H2,1-2H3,(H3-,38,39,40,41,43,44,45,46)/p+1. The summed E-state index contributed by atoms with van der Waals surface area (Å²) in [6.45, 7) is 4.89. The van der Waals surface area contributed by atoms with E-state index in [-0.39, 0.29) is 68.8 Å². The Hall–Kier alpha value is -5.40. The van der Waals surface area contributed by atoms with E-state index < -0.39 is 23.9 Å². The van der Waals surface area contributed by atoms with Gasteiger partial charge >= 0.3 is 6.16 Å². The topological polar surface area (TPSA) is 189 Å². The molecule has 2 aliphatic rings. The van der Waals surface area contributed by atoms with Crippen LogP contribution in [-0.4, -0.2) is 66.4 Å². The smallest absolute Gasteiger partial charge is 0.432 e. The van der Waals surface area contributed by atoms with Gasteiger partial charge in [-0.05, 0) is 65.8 Å². The summed E-state index contributed by atoms with van der Waals surface area (Å²) in [5.74, 6) is -2.56. The van der Waals surface area contributed by atoms with Crippen LogP contribution in [0.15, 0.2) is 36.4 Å². The van der Waals surface area contributed by atoms with Crippen LogP contribution in [0, 0.1) is 6.42 Å². The van der Waals surface area contributed by atoms with Crippen LogP contribution in [-0.2, 0) is 38.3 Å². The molecule has 0 saturated carbocycles. The molecule has 272 valence electrons. The highest BCUT2D eigenvalue weighted by atomic mass is 16.8. The first-order chi connectivity index (χ1) is 24.6. The third-order valence-corrected chi connectivity index (χ3v) is 8.47. The number of nitrogens with one attached hydrogen (secondary N) is 4. The van der Waals surface area contributed by atoms with Gasteiger partial charge in [-0.1, -0.05) is 30.5 Å². The molecule has 0 radical (unpaired) electrons. The van der Waals surface area contributed by atoms with E-state index in [1.807, 2.05) is 32.4 Å². The van der Waals surface area contributed by atoms with Gasteiger partial charge in [0, 0.05) is 62.4 Å². The number of hydrogen-bond acceptors (Lipinski definition) is 9. The van der Waals surface area contributed by atoms with E-state index >= 15 is 0 Å². The second kappa shape index (κ2) is 19.1. The fourth-order valence-corrected chi connectivity index (χ4v) is 5.81. The monoisotopic (exact) mass is 704 g/mol. The lowest BCUT2D eigenvalue weighted by Crippen LogP contribution is -2.32. The Morgan fingerprint density at radius 1 is 0.745 bits per heavy atom. The second-order valence-corrected chi connectivity index (χ2v) is 12.4. The molecule has 0 spiro atoms. The molecule has 2 aromatic rings. The third kappa shape index (κ3) is 11.3. The Morgan fingerprint density at radius 3 is 1.76 bits per heavy atom. The fraction of sp³-hybridized carbons (Fsp3) is 0.459. The van der Waals surface area contributed by atoms with Crippen LogP contribution in [0.25, 0.3) is 11.1 Å². The summed E-state index contributed by atoms with van der Waals surface area (Å²) in [4.78, 5) is 90.8. The van der Waals surface area contributed by atoms with E-state index in [1.165, 1.54) is 0 Å². The zero-order valence-corrected chi connectivity index (χ0v) is 29.1. The zero-order valence-electron chi connectivity index (χ0n) is 29.1. The molecule has 1 saturated heterocycles. The van der Waals surface area contributed by atoms with Gasteiger partial charge in [-0.2, -0.15) is 0 Å². The summed E-state index contributed by atoms with van der Waals surface area (Å²) in [6.07, 6.45) is 4.80. The van der Waals surface area contributed by atoms with E-state index in [9.17, 15) is 33.6 Å². The van der Waals surface area contributed by atoms with Crippen LogP contribution in [0.1, 0.15) is 102 Å². The molecule has 1 heterocycles. The quantitative estimate of drug-likeness (QED) is 0.0684. The summed E-state index contributed by atoms with van der Waals surface area (Å²) in [6, 6.07) is 10.7. The molecular formula is C37H46N5O9+. The van der Waals surface area contributed by atoms with Crippen LogP contribution >= 0.6 is 0 Å². The first kappa shape index (κ1) is 38.4. The number of unbranched alkanes of at least 4 members (excludes halogenated alkanes) is 2. The van der Waals surface area contributed by atoms with E-state index in [2.05, 4.69) is 21.3 Å². The van der Waals surface area contributed by atoms with Crippen molar-refractivity contribution in [1.82, 2.24) is 15.7 Å². The zero-order chi connectivity index (χ0) is 36.8. The van der Waals surface area contributed by atoms with Crippen molar-refractivity contribution in [3.8, 4) is 11.1 Å². The predicted octanol–water partition coefficient (Wildman–Crippen LogP) is 4.88. The lowest BCUT2D eigenvalue weighted by Gasteiger charge is -2.17. The molecule has 6 amide bonds. The highest BCUT2D eigenvalue weighted by molar-refractivity contribution is 6.01. The minimum absolute atomic E-state index is 0.0599. The molecule has 4 N–H and O–H groups in total. The number of imide groups is 1. The Bertz CT molecular complexity index is 1520. The Morgan fingerprint density at radius 2 is 1.25 bits per heavy atom. The number of amides is 6. The number of hydrogen-bond donors (Lipinski definition) is 4. The van der Waals surface area contributed by atoms with Crippen molar-refractivity contribution in [2.45, 2.75) is 90.4 Å². The van der Waals surface area contributed by atoms with Crippen LogP contribution in [0.2, 0.25) is 0 Å². The SMILES string of the molecule is C[CH+]CCNC(=O)CCCC(=O)Nc1ccc2c(c1)C(COC(=O)ON1C(=O)CCC1=O)c1cc(NC(=O)CCCC(=O)NCCCC)ccc1-2. The van der Waals surface area contributed by atoms with Crippen molar-refractivity contribution in [3.63, 3.8) is 0 Å². The van der Waals surface area contributed by atoms with Gasteiger partial charge in [-0.15, -0.1) is 0 Å². The normalized spacial score (nSPS) is 14.3. The number of hydroxylamine groups is 2. The Balaban J connectivity index is 1.43. The molecule has 2 aromatic carbocycles. The van der Waals surface area contributed by atoms with Gasteiger partial charge in [-0.25, -0.2) is 4.79 Å². The molecule has 14 heteroatoms. The molecule has 1 atom stereocenters. The molecule has 1 unspecified atom stereocenters. The molecule has 1 fully saturated rings. The third-order valence-electron chi connectivity index (χ3n) is 8.47. The first-order valence-electron chi connectivity index (χ1n) is 17.5. The molecular weight excluding hydrogens is 658 g/mol. The van der Waals surface area contributed by atoms with E-state index in [0.29, 0.717) is 42.4 Å². The van der Waals surface area contributed by atoms with Crippen molar-refractivity contribution in [3.05, 3.63) is 53.9 Å². The number of carbonyl (C=O) groups excluding carboxylic acids is 7. The van der Waals surface area contributed by atoms with Crippen molar-refractivity contribution in [1.29, 1.82) is 0 Å². The summed E-state index contributed by atoms with van der Waals surface area (Å²) < 4.78 is 5.40. The van der Waals surface area contributed by atoms with E-state index in [1.54, 1.807) is 24.3 Å². The van der Waals surface area contributed by atoms with Crippen LogP contribution < -0.4 is 21.3 Å². The first-order valence-corrected chi connectivity index (χ1v) is 17.5. The fourth-order valence-electron chi connectivity index (χ4n) is 5.81. The van der Waals surface area contributed by atoms with Gasteiger partial charge < -0.3 is 26.0 Å². The summed E-state index contributed by atoms with van der Waals surface area (Å²) in [5.41, 5.74) is 4.11. The van der Waals surface area contributed by atoms with Crippen molar-refractivity contribution < 1.29 is 43.1 Å². The number of benzene rings is 2. The minimum Gasteiger partial charge on any atom is -0.432 e. The number of nitrogens with zero attached hydrogens (tertiary/aromatic N) is 1. The van der Waals surface area contributed by atoms with Gasteiger partial charge in [0.05, 0.1) is 19.9 Å². The predicted molar refractivity (Wildman–Crippen MR) is 188 cm³/mol. The van der Waals surface area contributed by atoms with Crippen molar-refractivity contribution in [2.24, 2.45) is 0 Å².